The third-order valence-electron chi connectivity index (χ3n) is 2.58. The van der Waals surface area contributed by atoms with Crippen LogP contribution >= 0.6 is 0 Å². The fraction of sp³-hybridized carbons (Fsp3) is 0.0714. The second kappa shape index (κ2) is 5.23. The van der Waals surface area contributed by atoms with E-state index in [1.54, 1.807) is 42.5 Å². The van der Waals surface area contributed by atoms with Crippen molar-refractivity contribution >= 4 is 11.7 Å². The van der Waals surface area contributed by atoms with Crippen LogP contribution in [-0.4, -0.2) is 16.2 Å². The molecule has 0 saturated heterocycles. The lowest BCUT2D eigenvalue weighted by Gasteiger charge is -2.16. The molecule has 2 aromatic carbocycles. The lowest BCUT2D eigenvalue weighted by molar-refractivity contribution is -0.138. The summed E-state index contributed by atoms with van der Waals surface area (Å²) in [5, 5.41) is 21.7. The number of aliphatic carboxylic acids is 1. The van der Waals surface area contributed by atoms with Crippen LogP contribution in [0, 0.1) is 0 Å². The molecule has 0 aromatic heterocycles. The van der Waals surface area contributed by atoms with Crippen molar-refractivity contribution in [2.75, 3.05) is 5.32 Å². The van der Waals surface area contributed by atoms with Gasteiger partial charge in [-0.15, -0.1) is 0 Å². The number of para-hydroxylation sites is 2. The van der Waals surface area contributed by atoms with Crippen LogP contribution in [0.15, 0.2) is 54.6 Å². The van der Waals surface area contributed by atoms with Gasteiger partial charge in [-0.1, -0.05) is 42.5 Å². The van der Waals surface area contributed by atoms with Gasteiger partial charge < -0.3 is 15.5 Å². The standard InChI is InChI=1S/C14H13NO3/c16-12-9-5-4-8-11(12)15-13(14(17)18)10-6-2-1-3-7-10/h1-9,13,15-16H,(H,17,18)/t13-/m0/s1. The molecule has 0 aliphatic rings. The minimum Gasteiger partial charge on any atom is -0.506 e. The summed E-state index contributed by atoms with van der Waals surface area (Å²) < 4.78 is 0. The first-order chi connectivity index (χ1) is 8.68. The topological polar surface area (TPSA) is 69.6 Å². The molecule has 1 atom stereocenters. The maximum atomic E-state index is 11.3. The van der Waals surface area contributed by atoms with Crippen LogP contribution in [0.4, 0.5) is 5.69 Å². The van der Waals surface area contributed by atoms with E-state index in [1.165, 1.54) is 6.07 Å². The average Bonchev–Trinajstić information content (AvgIpc) is 2.38. The lowest BCUT2D eigenvalue weighted by atomic mass is 10.1. The number of rotatable bonds is 4. The Morgan fingerprint density at radius 2 is 1.61 bits per heavy atom. The van der Waals surface area contributed by atoms with E-state index in [4.69, 9.17) is 0 Å². The Bertz CT molecular complexity index is 540. The molecule has 0 aliphatic carbocycles. The first-order valence-electron chi connectivity index (χ1n) is 5.51. The Labute approximate surface area is 105 Å². The summed E-state index contributed by atoms with van der Waals surface area (Å²) in [6, 6.07) is 14.5. The number of hydrogen-bond acceptors (Lipinski definition) is 3. The molecule has 0 heterocycles. The molecular weight excluding hydrogens is 230 g/mol. The summed E-state index contributed by atoms with van der Waals surface area (Å²) in [5.41, 5.74) is 1.03. The Balaban J connectivity index is 2.28. The fourth-order valence-corrected chi connectivity index (χ4v) is 1.68. The monoisotopic (exact) mass is 243 g/mol. The highest BCUT2D eigenvalue weighted by atomic mass is 16.4. The molecule has 92 valence electrons. The molecule has 2 rings (SSSR count). The first kappa shape index (κ1) is 12.0. The number of phenolic OH excluding ortho intramolecular Hbond substituents is 1. The number of carboxylic acid groups (broad SMARTS) is 1. The lowest BCUT2D eigenvalue weighted by Crippen LogP contribution is -2.20. The highest BCUT2D eigenvalue weighted by Gasteiger charge is 2.20. The van der Waals surface area contributed by atoms with E-state index in [1.807, 2.05) is 6.07 Å². The number of benzene rings is 2. The summed E-state index contributed by atoms with van der Waals surface area (Å²) >= 11 is 0. The van der Waals surface area contributed by atoms with Gasteiger partial charge in [0.05, 0.1) is 5.69 Å². The Morgan fingerprint density at radius 3 is 2.22 bits per heavy atom. The number of nitrogens with one attached hydrogen (secondary N) is 1. The normalized spacial score (nSPS) is 11.8. The summed E-state index contributed by atoms with van der Waals surface area (Å²) in [4.78, 5) is 11.3. The van der Waals surface area contributed by atoms with Crippen LogP contribution < -0.4 is 5.32 Å². The molecule has 0 fully saturated rings. The number of hydrogen-bond donors (Lipinski definition) is 3. The summed E-state index contributed by atoms with van der Waals surface area (Å²) in [5.74, 6) is -0.968. The van der Waals surface area contributed by atoms with Crippen LogP contribution in [0.25, 0.3) is 0 Å². The van der Waals surface area contributed by atoms with E-state index in [0.29, 0.717) is 11.3 Å². The van der Waals surface area contributed by atoms with Gasteiger partial charge >= 0.3 is 5.97 Å². The highest BCUT2D eigenvalue weighted by Crippen LogP contribution is 2.26. The van der Waals surface area contributed by atoms with Crippen LogP contribution in [0.1, 0.15) is 11.6 Å². The van der Waals surface area contributed by atoms with Gasteiger partial charge in [0.15, 0.2) is 6.04 Å². The van der Waals surface area contributed by atoms with Crippen molar-refractivity contribution in [3.05, 3.63) is 60.2 Å². The third kappa shape index (κ3) is 2.60. The molecule has 4 nitrogen and oxygen atoms in total. The van der Waals surface area contributed by atoms with Gasteiger partial charge in [0.1, 0.15) is 5.75 Å². The largest absolute Gasteiger partial charge is 0.506 e. The molecule has 4 heteroatoms. The number of carbonyl (C=O) groups is 1. The molecule has 0 aliphatic heterocycles. The van der Waals surface area contributed by atoms with Crippen molar-refractivity contribution in [3.8, 4) is 5.75 Å². The van der Waals surface area contributed by atoms with E-state index < -0.39 is 12.0 Å². The van der Waals surface area contributed by atoms with E-state index in [2.05, 4.69) is 5.32 Å². The van der Waals surface area contributed by atoms with E-state index >= 15 is 0 Å². The van der Waals surface area contributed by atoms with Gasteiger partial charge in [0.25, 0.3) is 0 Å². The zero-order valence-electron chi connectivity index (χ0n) is 9.58. The van der Waals surface area contributed by atoms with Crippen molar-refractivity contribution in [2.45, 2.75) is 6.04 Å². The van der Waals surface area contributed by atoms with Crippen molar-refractivity contribution in [1.29, 1.82) is 0 Å². The van der Waals surface area contributed by atoms with Gasteiger partial charge in [-0.3, -0.25) is 0 Å². The van der Waals surface area contributed by atoms with Crippen LogP contribution in [0.5, 0.6) is 5.75 Å². The van der Waals surface area contributed by atoms with Gasteiger partial charge in [-0.05, 0) is 17.7 Å². The molecule has 0 unspecified atom stereocenters. The second-order valence-electron chi connectivity index (χ2n) is 3.84. The maximum Gasteiger partial charge on any atom is 0.330 e. The zero-order chi connectivity index (χ0) is 13.0. The number of anilines is 1. The van der Waals surface area contributed by atoms with Crippen LogP contribution in [-0.2, 0) is 4.79 Å². The zero-order valence-corrected chi connectivity index (χ0v) is 9.58. The van der Waals surface area contributed by atoms with Crippen LogP contribution in [0.3, 0.4) is 0 Å². The van der Waals surface area contributed by atoms with Crippen molar-refractivity contribution in [3.63, 3.8) is 0 Å². The molecular formula is C14H13NO3. The van der Waals surface area contributed by atoms with Crippen molar-refractivity contribution < 1.29 is 15.0 Å². The first-order valence-corrected chi connectivity index (χ1v) is 5.51. The average molecular weight is 243 g/mol. The molecule has 0 spiro atoms. The predicted molar refractivity (Wildman–Crippen MR) is 68.5 cm³/mol. The Hall–Kier alpha value is -2.49. The smallest absolute Gasteiger partial charge is 0.330 e. The van der Waals surface area contributed by atoms with Crippen molar-refractivity contribution in [2.24, 2.45) is 0 Å². The number of aromatic hydroxyl groups is 1. The number of phenols is 1. The highest BCUT2D eigenvalue weighted by molar-refractivity contribution is 5.80. The van der Waals surface area contributed by atoms with Crippen molar-refractivity contribution in [1.82, 2.24) is 0 Å². The number of carboxylic acids is 1. The van der Waals surface area contributed by atoms with Gasteiger partial charge in [0.2, 0.25) is 0 Å². The van der Waals surface area contributed by atoms with E-state index in [0.717, 1.165) is 0 Å². The fourth-order valence-electron chi connectivity index (χ4n) is 1.68. The van der Waals surface area contributed by atoms with Gasteiger partial charge in [-0.2, -0.15) is 0 Å². The molecule has 2 aromatic rings. The Kier molecular flexibility index (Phi) is 3.48. The van der Waals surface area contributed by atoms with Crippen LogP contribution in [0.2, 0.25) is 0 Å². The minimum atomic E-state index is -0.996. The molecule has 0 saturated carbocycles. The summed E-state index contributed by atoms with van der Waals surface area (Å²) in [7, 11) is 0. The predicted octanol–water partition coefficient (Wildman–Crippen LogP) is 2.63. The van der Waals surface area contributed by atoms with Gasteiger partial charge in [-0.25, -0.2) is 4.79 Å². The second-order valence-corrected chi connectivity index (χ2v) is 3.84. The molecule has 0 radical (unpaired) electrons. The molecule has 0 bridgehead atoms. The summed E-state index contributed by atoms with van der Waals surface area (Å²) in [6.45, 7) is 0. The molecule has 18 heavy (non-hydrogen) atoms. The maximum absolute atomic E-state index is 11.3. The third-order valence-corrected chi connectivity index (χ3v) is 2.58. The Morgan fingerprint density at radius 1 is 1.00 bits per heavy atom. The summed E-state index contributed by atoms with van der Waals surface area (Å²) in [6.07, 6.45) is 0. The SMILES string of the molecule is O=C(O)[C@@H](Nc1ccccc1O)c1ccccc1. The minimum absolute atomic E-state index is 0.0275. The molecule has 0 amide bonds. The van der Waals surface area contributed by atoms with Gasteiger partial charge in [0, 0.05) is 0 Å². The molecule has 3 N–H and O–H groups in total. The van der Waals surface area contributed by atoms with E-state index in [9.17, 15) is 15.0 Å². The quantitative estimate of drug-likeness (QED) is 0.722. The van der Waals surface area contributed by atoms with E-state index in [-0.39, 0.29) is 5.75 Å².